The molecule has 1 aromatic carbocycles. The Hall–Kier alpha value is -0.640. The maximum absolute atomic E-state index is 3.56. The number of rotatable bonds is 4. The van der Waals surface area contributed by atoms with Crippen LogP contribution in [0.4, 0.5) is 0 Å². The van der Waals surface area contributed by atoms with Gasteiger partial charge in [-0.3, -0.25) is 0 Å². The zero-order valence-electron chi connectivity index (χ0n) is 10.0. The Labute approximate surface area is 115 Å². The summed E-state index contributed by atoms with van der Waals surface area (Å²) in [5.74, 6) is 0. The fourth-order valence-electron chi connectivity index (χ4n) is 1.97. The summed E-state index contributed by atoms with van der Waals surface area (Å²) in [5.41, 5.74) is 4.02. The van der Waals surface area contributed by atoms with Gasteiger partial charge in [-0.2, -0.15) is 11.3 Å². The van der Waals surface area contributed by atoms with Gasteiger partial charge < -0.3 is 5.32 Å². The highest BCUT2D eigenvalue weighted by atomic mass is 79.9. The van der Waals surface area contributed by atoms with Gasteiger partial charge in [-0.1, -0.05) is 28.9 Å². The number of thiophene rings is 1. The number of halogens is 1. The fraction of sp³-hybridized carbons (Fsp3) is 0.286. The van der Waals surface area contributed by atoms with Crippen LogP contribution in [0.2, 0.25) is 0 Å². The monoisotopic (exact) mass is 309 g/mol. The number of hydrogen-bond acceptors (Lipinski definition) is 2. The van der Waals surface area contributed by atoms with E-state index in [1.54, 1.807) is 11.3 Å². The van der Waals surface area contributed by atoms with Crippen LogP contribution < -0.4 is 5.32 Å². The average Bonchev–Trinajstić information content (AvgIpc) is 2.83. The Kier molecular flexibility index (Phi) is 4.37. The zero-order chi connectivity index (χ0) is 12.3. The highest BCUT2D eigenvalue weighted by Gasteiger charge is 2.15. The van der Waals surface area contributed by atoms with Gasteiger partial charge in [0.2, 0.25) is 0 Å². The van der Waals surface area contributed by atoms with E-state index < -0.39 is 0 Å². The van der Waals surface area contributed by atoms with Crippen LogP contribution in [0, 0.1) is 6.92 Å². The van der Waals surface area contributed by atoms with Gasteiger partial charge in [0.1, 0.15) is 0 Å². The molecule has 3 heteroatoms. The molecule has 17 heavy (non-hydrogen) atoms. The quantitative estimate of drug-likeness (QED) is 0.875. The molecular weight excluding hydrogens is 294 g/mol. The topological polar surface area (TPSA) is 12.0 Å². The molecule has 0 aliphatic carbocycles. The Morgan fingerprint density at radius 3 is 2.82 bits per heavy atom. The van der Waals surface area contributed by atoms with Crippen molar-refractivity contribution in [3.8, 4) is 0 Å². The lowest BCUT2D eigenvalue weighted by atomic mass is 9.97. The van der Waals surface area contributed by atoms with Gasteiger partial charge in [-0.15, -0.1) is 0 Å². The minimum absolute atomic E-state index is 0.295. The predicted molar refractivity (Wildman–Crippen MR) is 78.7 cm³/mol. The predicted octanol–water partition coefficient (Wildman–Crippen LogP) is 4.52. The van der Waals surface area contributed by atoms with Crippen molar-refractivity contribution in [3.63, 3.8) is 0 Å². The summed E-state index contributed by atoms with van der Waals surface area (Å²) in [6, 6.07) is 8.95. The third-order valence-corrected chi connectivity index (χ3v) is 4.03. The van der Waals surface area contributed by atoms with Crippen molar-refractivity contribution < 1.29 is 0 Å². The third-order valence-electron chi connectivity index (χ3n) is 2.84. The summed E-state index contributed by atoms with van der Waals surface area (Å²) in [6.07, 6.45) is 0. The Balaban J connectivity index is 2.42. The van der Waals surface area contributed by atoms with Crippen LogP contribution in [0.25, 0.3) is 0 Å². The summed E-state index contributed by atoms with van der Waals surface area (Å²) in [7, 11) is 0. The minimum atomic E-state index is 0.295. The Morgan fingerprint density at radius 2 is 2.18 bits per heavy atom. The molecule has 90 valence electrons. The first-order valence-corrected chi connectivity index (χ1v) is 7.47. The number of benzene rings is 1. The van der Waals surface area contributed by atoms with E-state index in [1.165, 1.54) is 16.7 Å². The van der Waals surface area contributed by atoms with Gasteiger partial charge in [0, 0.05) is 4.47 Å². The maximum Gasteiger partial charge on any atom is 0.0587 e. The molecule has 1 unspecified atom stereocenters. The van der Waals surface area contributed by atoms with Crippen LogP contribution in [0.15, 0.2) is 39.5 Å². The molecule has 0 fully saturated rings. The second-order valence-corrected chi connectivity index (χ2v) is 5.74. The van der Waals surface area contributed by atoms with Gasteiger partial charge in [0.05, 0.1) is 6.04 Å². The van der Waals surface area contributed by atoms with Crippen molar-refractivity contribution >= 4 is 27.3 Å². The molecule has 1 heterocycles. The first kappa shape index (κ1) is 12.8. The molecular formula is C14H16BrNS. The van der Waals surface area contributed by atoms with Crippen molar-refractivity contribution in [1.29, 1.82) is 0 Å². The second-order valence-electron chi connectivity index (χ2n) is 4.05. The van der Waals surface area contributed by atoms with Gasteiger partial charge in [0.25, 0.3) is 0 Å². The normalized spacial score (nSPS) is 12.6. The molecule has 1 atom stereocenters. The van der Waals surface area contributed by atoms with E-state index in [2.05, 4.69) is 70.1 Å². The molecule has 0 bridgehead atoms. The van der Waals surface area contributed by atoms with Crippen molar-refractivity contribution in [2.45, 2.75) is 19.9 Å². The van der Waals surface area contributed by atoms with Crippen LogP contribution in [-0.4, -0.2) is 6.54 Å². The molecule has 1 aromatic heterocycles. The van der Waals surface area contributed by atoms with E-state index in [1.807, 2.05) is 0 Å². The first-order valence-electron chi connectivity index (χ1n) is 5.74. The number of nitrogens with one attached hydrogen (secondary N) is 1. The fourth-order valence-corrected chi connectivity index (χ4v) is 3.04. The number of aryl methyl sites for hydroxylation is 1. The number of hydrogen-bond donors (Lipinski definition) is 1. The molecule has 2 rings (SSSR count). The lowest BCUT2D eigenvalue weighted by Gasteiger charge is -2.20. The summed E-state index contributed by atoms with van der Waals surface area (Å²) in [6.45, 7) is 5.28. The van der Waals surface area contributed by atoms with Gasteiger partial charge in [-0.25, -0.2) is 0 Å². The van der Waals surface area contributed by atoms with Crippen molar-refractivity contribution in [2.75, 3.05) is 6.54 Å². The zero-order valence-corrected chi connectivity index (χ0v) is 12.4. The van der Waals surface area contributed by atoms with E-state index in [0.29, 0.717) is 6.04 Å². The molecule has 0 saturated heterocycles. The highest BCUT2D eigenvalue weighted by molar-refractivity contribution is 9.10. The second kappa shape index (κ2) is 5.80. The van der Waals surface area contributed by atoms with Crippen LogP contribution in [0.1, 0.15) is 29.7 Å². The van der Waals surface area contributed by atoms with Crippen molar-refractivity contribution in [3.05, 3.63) is 56.2 Å². The molecule has 0 saturated carbocycles. The van der Waals surface area contributed by atoms with E-state index in [4.69, 9.17) is 0 Å². The largest absolute Gasteiger partial charge is 0.306 e. The Bertz CT molecular complexity index is 479. The van der Waals surface area contributed by atoms with Gasteiger partial charge in [-0.05, 0) is 59.1 Å². The molecule has 0 radical (unpaired) electrons. The summed E-state index contributed by atoms with van der Waals surface area (Å²) >= 11 is 5.30. The molecule has 1 N–H and O–H groups in total. The molecule has 0 spiro atoms. The summed E-state index contributed by atoms with van der Waals surface area (Å²) in [4.78, 5) is 0. The summed E-state index contributed by atoms with van der Waals surface area (Å²) in [5, 5.41) is 7.90. The van der Waals surface area contributed by atoms with Crippen molar-refractivity contribution in [2.24, 2.45) is 0 Å². The molecule has 1 nitrogen and oxygen atoms in total. The lowest BCUT2D eigenvalue weighted by Crippen LogP contribution is -2.22. The van der Waals surface area contributed by atoms with Gasteiger partial charge in [0.15, 0.2) is 0 Å². The SMILES string of the molecule is CCNC(c1ccsc1)c1cc(Br)ccc1C. The minimum Gasteiger partial charge on any atom is -0.306 e. The van der Waals surface area contributed by atoms with Crippen LogP contribution in [-0.2, 0) is 0 Å². The van der Waals surface area contributed by atoms with E-state index in [0.717, 1.165) is 11.0 Å². The highest BCUT2D eigenvalue weighted by Crippen LogP contribution is 2.28. The average molecular weight is 310 g/mol. The van der Waals surface area contributed by atoms with E-state index in [9.17, 15) is 0 Å². The lowest BCUT2D eigenvalue weighted by molar-refractivity contribution is 0.629. The molecule has 2 aromatic rings. The first-order chi connectivity index (χ1) is 8.22. The molecule has 0 aliphatic rings. The summed E-state index contributed by atoms with van der Waals surface area (Å²) < 4.78 is 1.14. The van der Waals surface area contributed by atoms with Crippen molar-refractivity contribution in [1.82, 2.24) is 5.32 Å². The third kappa shape index (κ3) is 2.97. The van der Waals surface area contributed by atoms with E-state index >= 15 is 0 Å². The van der Waals surface area contributed by atoms with Crippen LogP contribution in [0.5, 0.6) is 0 Å². The van der Waals surface area contributed by atoms with Gasteiger partial charge >= 0.3 is 0 Å². The molecule has 0 amide bonds. The van der Waals surface area contributed by atoms with Crippen LogP contribution >= 0.6 is 27.3 Å². The smallest absolute Gasteiger partial charge is 0.0587 e. The Morgan fingerprint density at radius 1 is 1.35 bits per heavy atom. The van der Waals surface area contributed by atoms with Crippen LogP contribution in [0.3, 0.4) is 0 Å². The van der Waals surface area contributed by atoms with E-state index in [-0.39, 0.29) is 0 Å². The standard InChI is InChI=1S/C14H16BrNS/c1-3-16-14(11-6-7-17-9-11)13-8-12(15)5-4-10(13)2/h4-9,14,16H,3H2,1-2H3. The maximum atomic E-state index is 3.56. The molecule has 0 aliphatic heterocycles.